The summed E-state index contributed by atoms with van der Waals surface area (Å²) in [4.78, 5) is 21.5. The summed E-state index contributed by atoms with van der Waals surface area (Å²) < 4.78 is 10.2. The molecule has 0 amide bonds. The van der Waals surface area contributed by atoms with E-state index in [4.69, 9.17) is 9.47 Å². The van der Waals surface area contributed by atoms with Crippen molar-refractivity contribution in [2.75, 3.05) is 6.61 Å². The van der Waals surface area contributed by atoms with Gasteiger partial charge < -0.3 is 9.47 Å². The topological polar surface area (TPSA) is 78.7 Å². The fourth-order valence-corrected chi connectivity index (χ4v) is 1.38. The predicted octanol–water partition coefficient (Wildman–Crippen LogP) is 2.23. The molecule has 1 unspecified atom stereocenters. The van der Waals surface area contributed by atoms with Crippen LogP contribution in [-0.2, 0) is 9.53 Å². The van der Waals surface area contributed by atoms with E-state index in [0.29, 0.717) is 11.3 Å². The van der Waals surface area contributed by atoms with Gasteiger partial charge in [0.15, 0.2) is 6.10 Å². The quantitative estimate of drug-likeness (QED) is 0.456. The number of nitrogens with zero attached hydrogens (tertiary/aromatic N) is 1. The van der Waals surface area contributed by atoms with E-state index in [1.807, 2.05) is 0 Å². The molecule has 0 aliphatic rings. The van der Waals surface area contributed by atoms with E-state index < -0.39 is 17.0 Å². The van der Waals surface area contributed by atoms with Crippen LogP contribution in [0.5, 0.6) is 5.75 Å². The van der Waals surface area contributed by atoms with Gasteiger partial charge in [-0.1, -0.05) is 0 Å². The number of non-ortho nitro benzene ring substituents is 1. The summed E-state index contributed by atoms with van der Waals surface area (Å²) in [6.45, 7) is 5.24. The van der Waals surface area contributed by atoms with Crippen LogP contribution in [0.2, 0.25) is 0 Å². The number of carbonyl (C=O) groups is 1. The average molecular weight is 253 g/mol. The average Bonchev–Trinajstić information content (AvgIpc) is 2.31. The smallest absolute Gasteiger partial charge is 0.347 e. The maximum absolute atomic E-state index is 11.4. The van der Waals surface area contributed by atoms with Gasteiger partial charge in [-0.25, -0.2) is 4.79 Å². The Morgan fingerprint density at radius 2 is 2.17 bits per heavy atom. The van der Waals surface area contributed by atoms with Crippen LogP contribution >= 0.6 is 0 Å². The van der Waals surface area contributed by atoms with Crippen molar-refractivity contribution in [3.05, 3.63) is 33.9 Å². The standard InChI is InChI=1S/C12H15NO5/c1-4-17-12(14)9(3)18-11-6-5-10(13(15)16)7-8(11)2/h5-7,9H,4H2,1-3H3. The van der Waals surface area contributed by atoms with E-state index in [-0.39, 0.29) is 12.3 Å². The molecule has 0 saturated carbocycles. The van der Waals surface area contributed by atoms with Gasteiger partial charge in [-0.3, -0.25) is 10.1 Å². The number of nitro groups is 1. The second-order valence-corrected chi connectivity index (χ2v) is 3.72. The van der Waals surface area contributed by atoms with Gasteiger partial charge in [0, 0.05) is 12.1 Å². The summed E-state index contributed by atoms with van der Waals surface area (Å²) in [7, 11) is 0. The van der Waals surface area contributed by atoms with Crippen LogP contribution in [0.25, 0.3) is 0 Å². The Labute approximate surface area is 105 Å². The monoisotopic (exact) mass is 253 g/mol. The molecule has 18 heavy (non-hydrogen) atoms. The lowest BCUT2D eigenvalue weighted by Gasteiger charge is -2.14. The highest BCUT2D eigenvalue weighted by Gasteiger charge is 2.17. The van der Waals surface area contributed by atoms with Crippen LogP contribution in [0, 0.1) is 17.0 Å². The van der Waals surface area contributed by atoms with Gasteiger partial charge in [0.1, 0.15) is 5.75 Å². The summed E-state index contributed by atoms with van der Waals surface area (Å²) >= 11 is 0. The Morgan fingerprint density at radius 3 is 2.67 bits per heavy atom. The third-order valence-corrected chi connectivity index (χ3v) is 2.29. The van der Waals surface area contributed by atoms with Crippen molar-refractivity contribution in [1.29, 1.82) is 0 Å². The van der Waals surface area contributed by atoms with Gasteiger partial charge >= 0.3 is 5.97 Å². The first kappa shape index (κ1) is 14.0. The molecule has 98 valence electrons. The third kappa shape index (κ3) is 3.44. The van der Waals surface area contributed by atoms with Crippen molar-refractivity contribution in [1.82, 2.24) is 0 Å². The second kappa shape index (κ2) is 6.00. The first-order valence-corrected chi connectivity index (χ1v) is 5.54. The molecule has 0 heterocycles. The fourth-order valence-electron chi connectivity index (χ4n) is 1.38. The van der Waals surface area contributed by atoms with Crippen LogP contribution in [-0.4, -0.2) is 23.6 Å². The zero-order valence-corrected chi connectivity index (χ0v) is 10.5. The summed E-state index contributed by atoms with van der Waals surface area (Å²) in [6, 6.07) is 4.20. The van der Waals surface area contributed by atoms with E-state index in [1.165, 1.54) is 18.2 Å². The van der Waals surface area contributed by atoms with Gasteiger partial charge in [-0.15, -0.1) is 0 Å². The number of ether oxygens (including phenoxy) is 2. The molecule has 6 heteroatoms. The highest BCUT2D eigenvalue weighted by atomic mass is 16.6. The van der Waals surface area contributed by atoms with Gasteiger partial charge in [0.05, 0.1) is 11.5 Å². The Balaban J connectivity index is 2.79. The number of carbonyl (C=O) groups excluding carboxylic acids is 1. The summed E-state index contributed by atoms with van der Waals surface area (Å²) in [6.07, 6.45) is -0.745. The molecular weight excluding hydrogens is 238 g/mol. The number of esters is 1. The number of rotatable bonds is 5. The first-order valence-electron chi connectivity index (χ1n) is 5.54. The SMILES string of the molecule is CCOC(=O)C(C)Oc1ccc([N+](=O)[O-])cc1C. The molecule has 6 nitrogen and oxygen atoms in total. The Hall–Kier alpha value is -2.11. The molecular formula is C12H15NO5. The Morgan fingerprint density at radius 1 is 1.50 bits per heavy atom. The molecule has 1 aromatic rings. The molecule has 0 saturated heterocycles. The van der Waals surface area contributed by atoms with E-state index in [2.05, 4.69) is 0 Å². The Bertz CT molecular complexity index is 458. The van der Waals surface area contributed by atoms with Crippen molar-refractivity contribution in [2.45, 2.75) is 26.9 Å². The number of hydrogen-bond donors (Lipinski definition) is 0. The number of hydrogen-bond acceptors (Lipinski definition) is 5. The molecule has 1 rings (SSSR count). The van der Waals surface area contributed by atoms with Gasteiger partial charge in [0.25, 0.3) is 5.69 Å². The lowest BCUT2D eigenvalue weighted by Crippen LogP contribution is -2.26. The lowest BCUT2D eigenvalue weighted by molar-refractivity contribution is -0.384. The summed E-state index contributed by atoms with van der Waals surface area (Å²) in [5.41, 5.74) is 0.587. The third-order valence-electron chi connectivity index (χ3n) is 2.29. The minimum Gasteiger partial charge on any atom is -0.479 e. The molecule has 0 spiro atoms. The minimum absolute atomic E-state index is 0.0105. The van der Waals surface area contributed by atoms with Crippen molar-refractivity contribution in [3.63, 3.8) is 0 Å². The molecule has 0 N–H and O–H groups in total. The maximum atomic E-state index is 11.4. The first-order chi connectivity index (χ1) is 8.45. The van der Waals surface area contributed by atoms with Crippen molar-refractivity contribution in [2.24, 2.45) is 0 Å². The molecule has 0 bridgehead atoms. The maximum Gasteiger partial charge on any atom is 0.347 e. The molecule has 0 aromatic heterocycles. The predicted molar refractivity (Wildman–Crippen MR) is 64.6 cm³/mol. The Kier molecular flexibility index (Phi) is 4.65. The van der Waals surface area contributed by atoms with Gasteiger partial charge in [-0.05, 0) is 32.4 Å². The van der Waals surface area contributed by atoms with E-state index in [9.17, 15) is 14.9 Å². The zero-order valence-electron chi connectivity index (χ0n) is 10.5. The van der Waals surface area contributed by atoms with Crippen molar-refractivity contribution >= 4 is 11.7 Å². The largest absolute Gasteiger partial charge is 0.479 e. The van der Waals surface area contributed by atoms with Crippen LogP contribution in [0.3, 0.4) is 0 Å². The molecule has 0 aliphatic heterocycles. The normalized spacial score (nSPS) is 11.7. The summed E-state index contributed by atoms with van der Waals surface area (Å²) in [5.74, 6) is -0.0311. The number of aryl methyl sites for hydroxylation is 1. The molecule has 1 aromatic carbocycles. The van der Waals surface area contributed by atoms with Crippen molar-refractivity contribution in [3.8, 4) is 5.75 Å². The minimum atomic E-state index is -0.745. The fraction of sp³-hybridized carbons (Fsp3) is 0.417. The van der Waals surface area contributed by atoms with Gasteiger partial charge in [0.2, 0.25) is 0 Å². The van der Waals surface area contributed by atoms with Crippen LogP contribution in [0.15, 0.2) is 18.2 Å². The van der Waals surface area contributed by atoms with E-state index in [0.717, 1.165) is 0 Å². The summed E-state index contributed by atoms with van der Waals surface area (Å²) in [5, 5.41) is 10.6. The highest BCUT2D eigenvalue weighted by molar-refractivity contribution is 5.74. The number of nitro benzene ring substituents is 1. The van der Waals surface area contributed by atoms with Crippen molar-refractivity contribution < 1.29 is 19.2 Å². The van der Waals surface area contributed by atoms with Crippen LogP contribution in [0.1, 0.15) is 19.4 Å². The van der Waals surface area contributed by atoms with Crippen LogP contribution < -0.4 is 4.74 Å². The van der Waals surface area contributed by atoms with Gasteiger partial charge in [-0.2, -0.15) is 0 Å². The van der Waals surface area contributed by atoms with E-state index in [1.54, 1.807) is 20.8 Å². The lowest BCUT2D eigenvalue weighted by atomic mass is 10.2. The van der Waals surface area contributed by atoms with Crippen LogP contribution in [0.4, 0.5) is 5.69 Å². The molecule has 0 radical (unpaired) electrons. The highest BCUT2D eigenvalue weighted by Crippen LogP contribution is 2.24. The zero-order chi connectivity index (χ0) is 13.7. The molecule has 0 fully saturated rings. The molecule has 0 aliphatic carbocycles. The number of benzene rings is 1. The second-order valence-electron chi connectivity index (χ2n) is 3.72. The van der Waals surface area contributed by atoms with E-state index >= 15 is 0 Å². The molecule has 1 atom stereocenters.